The van der Waals surface area contributed by atoms with Gasteiger partial charge in [-0.05, 0) is 33.1 Å². The van der Waals surface area contributed by atoms with E-state index in [4.69, 9.17) is 4.74 Å². The smallest absolute Gasteiger partial charge is 0.309 e. The van der Waals surface area contributed by atoms with Gasteiger partial charge in [0.05, 0.1) is 12.5 Å². The van der Waals surface area contributed by atoms with Gasteiger partial charge in [0.25, 0.3) is 0 Å². The molecule has 1 aliphatic rings. The lowest BCUT2D eigenvalue weighted by Gasteiger charge is -2.31. The molecule has 1 aliphatic heterocycles. The van der Waals surface area contributed by atoms with Crippen molar-refractivity contribution in [1.29, 1.82) is 0 Å². The van der Waals surface area contributed by atoms with Crippen molar-refractivity contribution in [2.75, 3.05) is 19.7 Å². The minimum atomic E-state index is -0.120. The van der Waals surface area contributed by atoms with Crippen molar-refractivity contribution >= 4 is 11.9 Å². The van der Waals surface area contributed by atoms with Crippen molar-refractivity contribution in [2.24, 2.45) is 5.92 Å². The predicted molar refractivity (Wildman–Crippen MR) is 70.0 cm³/mol. The fourth-order valence-corrected chi connectivity index (χ4v) is 2.22. The number of carbonyl (C=O) groups is 2. The Balaban J connectivity index is 2.46. The maximum atomic E-state index is 12.0. The van der Waals surface area contributed by atoms with E-state index in [0.717, 1.165) is 12.0 Å². The van der Waals surface area contributed by atoms with Crippen molar-refractivity contribution in [3.63, 3.8) is 0 Å². The monoisotopic (exact) mass is 253 g/mol. The summed E-state index contributed by atoms with van der Waals surface area (Å²) in [6.07, 6.45) is 4.24. The van der Waals surface area contributed by atoms with Gasteiger partial charge in [-0.3, -0.25) is 9.59 Å². The second-order valence-electron chi connectivity index (χ2n) is 4.61. The molecule has 0 aromatic heterocycles. The van der Waals surface area contributed by atoms with E-state index in [2.05, 4.69) is 0 Å². The molecule has 0 aliphatic carbocycles. The SMILES string of the molecule is CC/C=C(/C)C(=O)N1CCC(C(=O)OCC)CC1. The molecule has 4 nitrogen and oxygen atoms in total. The lowest BCUT2D eigenvalue weighted by molar-refractivity contribution is -0.150. The number of hydrogen-bond acceptors (Lipinski definition) is 3. The normalized spacial score (nSPS) is 17.7. The van der Waals surface area contributed by atoms with Crippen LogP contribution in [0.5, 0.6) is 0 Å². The molecule has 1 fully saturated rings. The molecule has 1 amide bonds. The second kappa shape index (κ2) is 7.19. The fourth-order valence-electron chi connectivity index (χ4n) is 2.22. The molecule has 1 saturated heterocycles. The van der Waals surface area contributed by atoms with E-state index in [1.807, 2.05) is 31.7 Å². The van der Waals surface area contributed by atoms with Crippen LogP contribution < -0.4 is 0 Å². The van der Waals surface area contributed by atoms with Crippen LogP contribution in [0.2, 0.25) is 0 Å². The molecule has 0 radical (unpaired) electrons. The molecule has 0 atom stereocenters. The molecule has 0 saturated carbocycles. The van der Waals surface area contributed by atoms with Gasteiger partial charge in [-0.25, -0.2) is 0 Å². The van der Waals surface area contributed by atoms with Crippen LogP contribution in [0.3, 0.4) is 0 Å². The third-order valence-corrected chi connectivity index (χ3v) is 3.25. The van der Waals surface area contributed by atoms with Gasteiger partial charge in [0.1, 0.15) is 0 Å². The molecular weight excluding hydrogens is 230 g/mol. The number of nitrogens with zero attached hydrogens (tertiary/aromatic N) is 1. The van der Waals surface area contributed by atoms with Gasteiger partial charge in [0, 0.05) is 18.7 Å². The van der Waals surface area contributed by atoms with Gasteiger partial charge in [0.2, 0.25) is 5.91 Å². The number of hydrogen-bond donors (Lipinski definition) is 0. The Labute approximate surface area is 109 Å². The lowest BCUT2D eigenvalue weighted by Crippen LogP contribution is -2.41. The summed E-state index contributed by atoms with van der Waals surface area (Å²) >= 11 is 0. The molecule has 0 N–H and O–H groups in total. The van der Waals surface area contributed by atoms with E-state index in [9.17, 15) is 9.59 Å². The van der Waals surface area contributed by atoms with Gasteiger partial charge in [0.15, 0.2) is 0 Å². The Hall–Kier alpha value is -1.32. The van der Waals surface area contributed by atoms with Gasteiger partial charge < -0.3 is 9.64 Å². The average Bonchev–Trinajstić information content (AvgIpc) is 2.38. The molecule has 4 heteroatoms. The summed E-state index contributed by atoms with van der Waals surface area (Å²) in [5.74, 6) is -0.0611. The number of carbonyl (C=O) groups excluding carboxylic acids is 2. The van der Waals surface area contributed by atoms with Crippen LogP contribution in [0.25, 0.3) is 0 Å². The highest BCUT2D eigenvalue weighted by Crippen LogP contribution is 2.20. The summed E-state index contributed by atoms with van der Waals surface area (Å²) in [7, 11) is 0. The van der Waals surface area contributed by atoms with Crippen LogP contribution in [0.1, 0.15) is 40.0 Å². The first kappa shape index (κ1) is 14.7. The number of ether oxygens (including phenoxy) is 1. The first-order chi connectivity index (χ1) is 8.60. The van der Waals surface area contributed by atoms with Gasteiger partial charge in [-0.15, -0.1) is 0 Å². The number of allylic oxidation sites excluding steroid dienone is 1. The Bertz CT molecular complexity index is 328. The summed E-state index contributed by atoms with van der Waals surface area (Å²) < 4.78 is 5.01. The molecule has 1 rings (SSSR count). The maximum absolute atomic E-state index is 12.0. The van der Waals surface area contributed by atoms with E-state index in [1.54, 1.807) is 0 Å². The Kier molecular flexibility index (Phi) is 5.89. The van der Waals surface area contributed by atoms with Crippen LogP contribution in [-0.4, -0.2) is 36.5 Å². The lowest BCUT2D eigenvalue weighted by atomic mass is 9.96. The van der Waals surface area contributed by atoms with Crippen LogP contribution in [0.15, 0.2) is 11.6 Å². The van der Waals surface area contributed by atoms with Gasteiger partial charge in [-0.1, -0.05) is 13.0 Å². The van der Waals surface area contributed by atoms with Gasteiger partial charge in [-0.2, -0.15) is 0 Å². The standard InChI is InChI=1S/C14H23NO3/c1-4-6-11(3)13(16)15-9-7-12(8-10-15)14(17)18-5-2/h6,12H,4-5,7-10H2,1-3H3/b11-6-. The van der Waals surface area contributed by atoms with E-state index in [0.29, 0.717) is 32.5 Å². The molecule has 0 bridgehead atoms. The van der Waals surface area contributed by atoms with E-state index in [-0.39, 0.29) is 17.8 Å². The minimum Gasteiger partial charge on any atom is -0.466 e. The Morgan fingerprint density at radius 1 is 1.28 bits per heavy atom. The number of rotatable bonds is 4. The summed E-state index contributed by atoms with van der Waals surface area (Å²) in [6.45, 7) is 7.41. The first-order valence-electron chi connectivity index (χ1n) is 6.72. The van der Waals surface area contributed by atoms with Crippen molar-refractivity contribution in [2.45, 2.75) is 40.0 Å². The quantitative estimate of drug-likeness (QED) is 0.569. The van der Waals surface area contributed by atoms with E-state index < -0.39 is 0 Å². The molecule has 0 unspecified atom stereocenters. The molecule has 18 heavy (non-hydrogen) atoms. The predicted octanol–water partition coefficient (Wildman–Crippen LogP) is 2.14. The summed E-state index contributed by atoms with van der Waals surface area (Å²) in [5, 5.41) is 0. The van der Waals surface area contributed by atoms with Crippen LogP contribution in [0, 0.1) is 5.92 Å². The number of piperidine rings is 1. The zero-order chi connectivity index (χ0) is 13.5. The highest BCUT2D eigenvalue weighted by Gasteiger charge is 2.28. The zero-order valence-corrected chi connectivity index (χ0v) is 11.6. The van der Waals surface area contributed by atoms with Crippen molar-refractivity contribution < 1.29 is 14.3 Å². The number of esters is 1. The van der Waals surface area contributed by atoms with Crippen molar-refractivity contribution in [1.82, 2.24) is 4.90 Å². The fraction of sp³-hybridized carbons (Fsp3) is 0.714. The zero-order valence-electron chi connectivity index (χ0n) is 11.6. The van der Waals surface area contributed by atoms with Crippen LogP contribution in [-0.2, 0) is 14.3 Å². The molecular formula is C14H23NO3. The molecule has 0 spiro atoms. The van der Waals surface area contributed by atoms with Crippen molar-refractivity contribution in [3.05, 3.63) is 11.6 Å². The van der Waals surface area contributed by atoms with Crippen LogP contribution in [0.4, 0.5) is 0 Å². The highest BCUT2D eigenvalue weighted by atomic mass is 16.5. The van der Waals surface area contributed by atoms with E-state index >= 15 is 0 Å². The average molecular weight is 253 g/mol. The molecule has 1 heterocycles. The first-order valence-corrected chi connectivity index (χ1v) is 6.72. The number of likely N-dealkylation sites (tertiary alicyclic amines) is 1. The molecule has 0 aromatic carbocycles. The minimum absolute atomic E-state index is 0.0375. The third kappa shape index (κ3) is 3.86. The summed E-state index contributed by atoms with van der Waals surface area (Å²) in [4.78, 5) is 25.4. The Morgan fingerprint density at radius 3 is 2.39 bits per heavy atom. The van der Waals surface area contributed by atoms with Crippen molar-refractivity contribution in [3.8, 4) is 0 Å². The third-order valence-electron chi connectivity index (χ3n) is 3.25. The van der Waals surface area contributed by atoms with E-state index in [1.165, 1.54) is 0 Å². The molecule has 0 aromatic rings. The van der Waals surface area contributed by atoms with Gasteiger partial charge >= 0.3 is 5.97 Å². The largest absolute Gasteiger partial charge is 0.466 e. The Morgan fingerprint density at radius 2 is 1.89 bits per heavy atom. The molecule has 102 valence electrons. The summed E-state index contributed by atoms with van der Waals surface area (Å²) in [5.41, 5.74) is 0.798. The maximum Gasteiger partial charge on any atom is 0.309 e. The summed E-state index contributed by atoms with van der Waals surface area (Å²) in [6, 6.07) is 0. The highest BCUT2D eigenvalue weighted by molar-refractivity contribution is 5.93. The number of amides is 1. The van der Waals surface area contributed by atoms with Crippen LogP contribution >= 0.6 is 0 Å². The second-order valence-corrected chi connectivity index (χ2v) is 4.61. The topological polar surface area (TPSA) is 46.6 Å².